The number of hydrogen-bond donors (Lipinski definition) is 2. The average molecular weight is 446 g/mol. The molecule has 0 amide bonds. The van der Waals surface area contributed by atoms with Crippen molar-refractivity contribution >= 4 is 23.5 Å². The Morgan fingerprint density at radius 1 is 1.00 bits per heavy atom. The Balaban J connectivity index is 1.96. The van der Waals surface area contributed by atoms with E-state index in [2.05, 4.69) is 4.98 Å². The smallest absolute Gasteiger partial charge is 0.335 e. The number of aromatic hydroxyl groups is 1. The first-order valence-corrected chi connectivity index (χ1v) is 10.5. The molecule has 0 spiro atoms. The largest absolute Gasteiger partial charge is 0.494 e. The van der Waals surface area contributed by atoms with Crippen molar-refractivity contribution in [1.29, 1.82) is 0 Å². The minimum Gasteiger partial charge on any atom is -0.494 e. The number of ketones is 1. The van der Waals surface area contributed by atoms with E-state index in [1.54, 1.807) is 37.3 Å². The molecule has 8 heteroatoms. The predicted molar refractivity (Wildman–Crippen MR) is 125 cm³/mol. The van der Waals surface area contributed by atoms with Gasteiger partial charge in [0.05, 0.1) is 18.9 Å². The summed E-state index contributed by atoms with van der Waals surface area (Å²) < 4.78 is 12.1. The molecule has 2 N–H and O–H groups in total. The summed E-state index contributed by atoms with van der Waals surface area (Å²) in [4.78, 5) is 40.2. The molecule has 0 atom stereocenters. The normalized spacial score (nSPS) is 13.8. The second kappa shape index (κ2) is 9.04. The van der Waals surface area contributed by atoms with Crippen LogP contribution in [0.25, 0.3) is 23.4 Å². The molecule has 0 saturated heterocycles. The summed E-state index contributed by atoms with van der Waals surface area (Å²) >= 11 is 0. The maximum atomic E-state index is 12.7. The van der Waals surface area contributed by atoms with Crippen LogP contribution >= 0.6 is 0 Å². The lowest BCUT2D eigenvalue weighted by atomic mass is 9.90. The topological polar surface area (TPSA) is 111 Å². The van der Waals surface area contributed by atoms with Crippen LogP contribution < -0.4 is 20.7 Å². The van der Waals surface area contributed by atoms with Gasteiger partial charge < -0.3 is 14.6 Å². The molecule has 3 aromatic rings. The van der Waals surface area contributed by atoms with Gasteiger partial charge in [0.15, 0.2) is 5.78 Å². The Morgan fingerprint density at radius 2 is 1.76 bits per heavy atom. The van der Waals surface area contributed by atoms with E-state index in [1.165, 1.54) is 18.2 Å². The fourth-order valence-corrected chi connectivity index (χ4v) is 3.67. The molecule has 0 unspecified atom stereocenters. The van der Waals surface area contributed by atoms with Gasteiger partial charge in [0.2, 0.25) is 5.88 Å². The van der Waals surface area contributed by atoms with Crippen LogP contribution in [0.4, 0.5) is 0 Å². The highest BCUT2D eigenvalue weighted by molar-refractivity contribution is 6.33. The molecule has 2 aromatic carbocycles. The van der Waals surface area contributed by atoms with Gasteiger partial charge in [-0.15, -0.1) is 0 Å². The summed E-state index contributed by atoms with van der Waals surface area (Å²) in [5, 5.41) is 11.1. The standard InChI is InChI=1S/C25H22N2O6/c1-3-32-16-10-12-22(33-4-2)20(13-16)27-24(30)19(23(29)26-25(27)31)14-18-17-8-6-5-7-15(17)9-11-21(18)28/h5-14,30H,3-4H2,1-2H3,(H,26,29,31). The lowest BCUT2D eigenvalue weighted by Crippen LogP contribution is -2.30. The van der Waals surface area contributed by atoms with Crippen molar-refractivity contribution in [3.05, 3.63) is 86.1 Å². The van der Waals surface area contributed by atoms with Gasteiger partial charge in [-0.1, -0.05) is 30.3 Å². The van der Waals surface area contributed by atoms with E-state index >= 15 is 0 Å². The first kappa shape index (κ1) is 21.9. The molecule has 1 aromatic heterocycles. The van der Waals surface area contributed by atoms with Gasteiger partial charge in [0, 0.05) is 11.6 Å². The van der Waals surface area contributed by atoms with Crippen molar-refractivity contribution in [2.75, 3.05) is 13.2 Å². The van der Waals surface area contributed by atoms with Crippen LogP contribution in [0.1, 0.15) is 30.5 Å². The maximum Gasteiger partial charge on any atom is 0.335 e. The second-order valence-electron chi connectivity index (χ2n) is 7.17. The Bertz CT molecular complexity index is 1410. The zero-order chi connectivity index (χ0) is 23.5. The third-order valence-electron chi connectivity index (χ3n) is 5.12. The summed E-state index contributed by atoms with van der Waals surface area (Å²) in [7, 11) is 0. The Kier molecular flexibility index (Phi) is 5.99. The highest BCUT2D eigenvalue weighted by Gasteiger charge is 2.22. The molecule has 1 aliphatic rings. The number of nitrogens with one attached hydrogen (secondary N) is 1. The van der Waals surface area contributed by atoms with E-state index in [0.29, 0.717) is 30.3 Å². The first-order chi connectivity index (χ1) is 15.9. The van der Waals surface area contributed by atoms with Crippen molar-refractivity contribution in [3.63, 3.8) is 0 Å². The van der Waals surface area contributed by atoms with Crippen molar-refractivity contribution < 1.29 is 19.4 Å². The number of rotatable bonds is 6. The lowest BCUT2D eigenvalue weighted by molar-refractivity contribution is -0.109. The highest BCUT2D eigenvalue weighted by Crippen LogP contribution is 2.32. The molecule has 33 heavy (non-hydrogen) atoms. The van der Waals surface area contributed by atoms with Gasteiger partial charge in [-0.05, 0) is 49.3 Å². The van der Waals surface area contributed by atoms with Gasteiger partial charge in [-0.2, -0.15) is 0 Å². The monoisotopic (exact) mass is 446 g/mol. The van der Waals surface area contributed by atoms with Gasteiger partial charge in [0.1, 0.15) is 17.1 Å². The number of aromatic amines is 1. The van der Waals surface area contributed by atoms with Crippen molar-refractivity contribution in [2.45, 2.75) is 13.8 Å². The van der Waals surface area contributed by atoms with Crippen LogP contribution in [-0.2, 0) is 4.79 Å². The van der Waals surface area contributed by atoms with Crippen LogP contribution in [0.2, 0.25) is 0 Å². The van der Waals surface area contributed by atoms with Crippen LogP contribution in [0.3, 0.4) is 0 Å². The van der Waals surface area contributed by atoms with Crippen LogP contribution in [0, 0.1) is 0 Å². The number of fused-ring (bicyclic) bond motifs is 1. The summed E-state index contributed by atoms with van der Waals surface area (Å²) in [5.41, 5.74) is -0.0639. The molecule has 0 radical (unpaired) electrons. The minimum atomic E-state index is -0.857. The van der Waals surface area contributed by atoms with E-state index in [1.807, 2.05) is 19.1 Å². The molecule has 1 heterocycles. The number of H-pyrrole nitrogens is 1. The molecular weight excluding hydrogens is 424 g/mol. The molecule has 1 aliphatic carbocycles. The van der Waals surface area contributed by atoms with E-state index in [4.69, 9.17) is 9.47 Å². The zero-order valence-electron chi connectivity index (χ0n) is 18.1. The third kappa shape index (κ3) is 4.10. The molecule has 8 nitrogen and oxygen atoms in total. The Hall–Kier alpha value is -4.33. The van der Waals surface area contributed by atoms with Crippen LogP contribution in [-0.4, -0.2) is 33.7 Å². The number of aromatic nitrogens is 2. The number of nitrogens with zero attached hydrogens (tertiary/aromatic N) is 1. The Morgan fingerprint density at radius 3 is 2.52 bits per heavy atom. The van der Waals surface area contributed by atoms with Crippen LogP contribution in [0.15, 0.2) is 58.1 Å². The number of benzene rings is 2. The highest BCUT2D eigenvalue weighted by atomic mass is 16.5. The van der Waals surface area contributed by atoms with Gasteiger partial charge in [0.25, 0.3) is 5.56 Å². The summed E-state index contributed by atoms with van der Waals surface area (Å²) in [6, 6.07) is 12.0. The molecule has 0 bridgehead atoms. The SMILES string of the molecule is CCOc1ccc(OCC)c(-n2c(O)c(C=C3C(=O)C=Cc4ccccc43)c(=O)[nH]c2=O)c1. The molecule has 4 rings (SSSR count). The summed E-state index contributed by atoms with van der Waals surface area (Å²) in [6.45, 7) is 4.31. The van der Waals surface area contributed by atoms with Crippen molar-refractivity contribution in [1.82, 2.24) is 9.55 Å². The van der Waals surface area contributed by atoms with Gasteiger partial charge in [-0.3, -0.25) is 14.6 Å². The molecular formula is C25H22N2O6. The van der Waals surface area contributed by atoms with E-state index in [0.717, 1.165) is 10.1 Å². The fraction of sp³-hybridized carbons (Fsp3) is 0.160. The number of hydrogen-bond acceptors (Lipinski definition) is 6. The molecule has 0 fully saturated rings. The van der Waals surface area contributed by atoms with Crippen molar-refractivity contribution in [2.24, 2.45) is 0 Å². The minimum absolute atomic E-state index is 0.191. The number of allylic oxidation sites excluding steroid dienone is 2. The third-order valence-corrected chi connectivity index (χ3v) is 5.12. The Labute approximate surface area is 189 Å². The van der Waals surface area contributed by atoms with E-state index in [-0.39, 0.29) is 22.6 Å². The number of carbonyl (C=O) groups excluding carboxylic acids is 1. The summed E-state index contributed by atoms with van der Waals surface area (Å²) in [5.74, 6) is -0.176. The number of carbonyl (C=O) groups is 1. The molecule has 0 aliphatic heterocycles. The molecule has 168 valence electrons. The zero-order valence-corrected chi connectivity index (χ0v) is 18.1. The summed E-state index contributed by atoms with van der Waals surface area (Å²) in [6.07, 6.45) is 4.38. The lowest BCUT2D eigenvalue weighted by Gasteiger charge is -2.17. The second-order valence-corrected chi connectivity index (χ2v) is 7.17. The predicted octanol–water partition coefficient (Wildman–Crippen LogP) is 3.17. The maximum absolute atomic E-state index is 12.7. The number of ether oxygens (including phenoxy) is 2. The van der Waals surface area contributed by atoms with Gasteiger partial charge in [-0.25, -0.2) is 9.36 Å². The van der Waals surface area contributed by atoms with Crippen molar-refractivity contribution in [3.8, 4) is 23.1 Å². The average Bonchev–Trinajstić information content (AvgIpc) is 2.79. The first-order valence-electron chi connectivity index (χ1n) is 10.5. The van der Waals surface area contributed by atoms with E-state index in [9.17, 15) is 19.5 Å². The van der Waals surface area contributed by atoms with Crippen LogP contribution in [0.5, 0.6) is 17.4 Å². The fourth-order valence-electron chi connectivity index (χ4n) is 3.67. The quantitative estimate of drug-likeness (QED) is 0.563. The molecule has 0 saturated carbocycles. The van der Waals surface area contributed by atoms with Gasteiger partial charge >= 0.3 is 5.69 Å². The van der Waals surface area contributed by atoms with E-state index < -0.39 is 17.1 Å².